The molecule has 0 aromatic heterocycles. The highest BCUT2D eigenvalue weighted by Gasteiger charge is 2.24. The van der Waals surface area contributed by atoms with Crippen molar-refractivity contribution in [3.63, 3.8) is 0 Å². The first-order valence-electron chi connectivity index (χ1n) is 10.7. The number of carbonyl (C=O) groups excluding carboxylic acids is 4. The number of ether oxygens (including phenoxy) is 1. The lowest BCUT2D eigenvalue weighted by Gasteiger charge is -2.21. The van der Waals surface area contributed by atoms with Crippen LogP contribution in [-0.2, 0) is 19.1 Å². The number of hydrogen-bond acceptors (Lipinski definition) is 5. The lowest BCUT2D eigenvalue weighted by atomic mass is 10.0. The van der Waals surface area contributed by atoms with E-state index in [-0.39, 0.29) is 42.5 Å². The molecule has 0 aliphatic carbocycles. The first-order valence-corrected chi connectivity index (χ1v) is 11.1. The van der Waals surface area contributed by atoms with Gasteiger partial charge in [0.05, 0.1) is 7.11 Å². The van der Waals surface area contributed by atoms with Gasteiger partial charge in [-0.15, -0.1) is 0 Å². The third kappa shape index (κ3) is 10.1. The summed E-state index contributed by atoms with van der Waals surface area (Å²) in [5.41, 5.74) is 0.398. The summed E-state index contributed by atoms with van der Waals surface area (Å²) >= 11 is 5.85. The van der Waals surface area contributed by atoms with Crippen molar-refractivity contribution in [3.8, 4) is 0 Å². The molecule has 0 saturated heterocycles. The number of methoxy groups -OCH3 is 1. The zero-order valence-corrected chi connectivity index (χ0v) is 20.1. The SMILES string of the molecule is COC(=O)C(CC(C)C)NC(=O)CCNC(=O)C(CC(C)C)NC(=O)c1ccc(Cl)cc1. The summed E-state index contributed by atoms with van der Waals surface area (Å²) in [6, 6.07) is 4.91. The highest BCUT2D eigenvalue weighted by Crippen LogP contribution is 2.11. The van der Waals surface area contributed by atoms with E-state index in [1.807, 2.05) is 27.7 Å². The third-order valence-electron chi connectivity index (χ3n) is 4.61. The molecule has 1 rings (SSSR count). The number of carbonyl (C=O) groups is 4. The van der Waals surface area contributed by atoms with Crippen LogP contribution in [0.2, 0.25) is 5.02 Å². The molecule has 0 aliphatic rings. The van der Waals surface area contributed by atoms with E-state index in [2.05, 4.69) is 16.0 Å². The minimum atomic E-state index is -0.745. The van der Waals surface area contributed by atoms with Crippen molar-refractivity contribution in [1.82, 2.24) is 16.0 Å². The van der Waals surface area contributed by atoms with Gasteiger partial charge in [0.25, 0.3) is 5.91 Å². The molecule has 0 radical (unpaired) electrons. The van der Waals surface area contributed by atoms with Crippen molar-refractivity contribution in [2.45, 2.75) is 59.0 Å². The van der Waals surface area contributed by atoms with E-state index >= 15 is 0 Å². The van der Waals surface area contributed by atoms with Crippen LogP contribution in [0.4, 0.5) is 0 Å². The number of hydrogen-bond donors (Lipinski definition) is 3. The van der Waals surface area contributed by atoms with Gasteiger partial charge in [-0.3, -0.25) is 14.4 Å². The Hall–Kier alpha value is -2.61. The molecule has 0 bridgehead atoms. The van der Waals surface area contributed by atoms with Crippen LogP contribution in [0.25, 0.3) is 0 Å². The van der Waals surface area contributed by atoms with Crippen LogP contribution < -0.4 is 16.0 Å². The Kier molecular flexibility index (Phi) is 11.8. The molecule has 9 heteroatoms. The van der Waals surface area contributed by atoms with Gasteiger partial charge < -0.3 is 20.7 Å². The Bertz CT molecular complexity index is 780. The summed E-state index contributed by atoms with van der Waals surface area (Å²) in [6.45, 7) is 7.85. The number of halogens is 1. The van der Waals surface area contributed by atoms with Crippen molar-refractivity contribution in [1.29, 1.82) is 0 Å². The number of amides is 3. The van der Waals surface area contributed by atoms with Crippen LogP contribution in [-0.4, -0.2) is 49.4 Å². The van der Waals surface area contributed by atoms with E-state index in [9.17, 15) is 19.2 Å². The molecule has 8 nitrogen and oxygen atoms in total. The predicted octanol–water partition coefficient (Wildman–Crippen LogP) is 2.69. The molecule has 2 atom stereocenters. The van der Waals surface area contributed by atoms with Gasteiger partial charge in [0, 0.05) is 23.6 Å². The smallest absolute Gasteiger partial charge is 0.328 e. The van der Waals surface area contributed by atoms with Gasteiger partial charge in [0.1, 0.15) is 12.1 Å². The second-order valence-corrected chi connectivity index (χ2v) is 8.91. The first-order chi connectivity index (χ1) is 15.0. The molecular formula is C23H34ClN3O5. The summed E-state index contributed by atoms with van der Waals surface area (Å²) in [4.78, 5) is 49.2. The third-order valence-corrected chi connectivity index (χ3v) is 4.87. The molecule has 3 N–H and O–H groups in total. The van der Waals surface area contributed by atoms with E-state index in [1.54, 1.807) is 24.3 Å². The van der Waals surface area contributed by atoms with Crippen molar-refractivity contribution in [2.24, 2.45) is 11.8 Å². The molecule has 3 amide bonds. The summed E-state index contributed by atoms with van der Waals surface area (Å²) in [5, 5.41) is 8.59. The molecule has 0 spiro atoms. The van der Waals surface area contributed by atoms with Crippen molar-refractivity contribution in [3.05, 3.63) is 34.9 Å². The molecule has 32 heavy (non-hydrogen) atoms. The highest BCUT2D eigenvalue weighted by molar-refractivity contribution is 6.30. The van der Waals surface area contributed by atoms with Gasteiger partial charge in [-0.05, 0) is 48.9 Å². The van der Waals surface area contributed by atoms with E-state index < -0.39 is 18.1 Å². The lowest BCUT2D eigenvalue weighted by molar-refractivity contribution is -0.145. The van der Waals surface area contributed by atoms with Crippen LogP contribution in [0.15, 0.2) is 24.3 Å². The van der Waals surface area contributed by atoms with Crippen LogP contribution in [0.1, 0.15) is 57.3 Å². The summed E-state index contributed by atoms with van der Waals surface area (Å²) in [5.74, 6) is -1.27. The average Bonchev–Trinajstić information content (AvgIpc) is 2.71. The fraction of sp³-hybridized carbons (Fsp3) is 0.565. The normalized spacial score (nSPS) is 12.8. The number of benzene rings is 1. The first kappa shape index (κ1) is 27.4. The van der Waals surface area contributed by atoms with Gasteiger partial charge in [-0.1, -0.05) is 39.3 Å². The van der Waals surface area contributed by atoms with Crippen LogP contribution in [0, 0.1) is 11.8 Å². The molecular weight excluding hydrogens is 434 g/mol. The van der Waals surface area contributed by atoms with Gasteiger partial charge in [0.15, 0.2) is 0 Å². The Morgan fingerprint density at radius 3 is 2.00 bits per heavy atom. The molecule has 1 aromatic carbocycles. The predicted molar refractivity (Wildman–Crippen MR) is 123 cm³/mol. The van der Waals surface area contributed by atoms with Gasteiger partial charge >= 0.3 is 5.97 Å². The maximum atomic E-state index is 12.7. The lowest BCUT2D eigenvalue weighted by Crippen LogP contribution is -2.48. The minimum absolute atomic E-state index is 0.00312. The Morgan fingerprint density at radius 2 is 1.47 bits per heavy atom. The van der Waals surface area contributed by atoms with Crippen molar-refractivity contribution >= 4 is 35.3 Å². The standard InChI is InChI=1S/C23H34ClN3O5/c1-14(2)12-18(27-21(29)16-6-8-17(24)9-7-16)22(30)25-11-10-20(28)26-19(13-15(3)4)23(31)32-5/h6-9,14-15,18-19H,10-13H2,1-5H3,(H,25,30)(H,26,28)(H,27,29). The monoisotopic (exact) mass is 467 g/mol. The van der Waals surface area contributed by atoms with Crippen molar-refractivity contribution in [2.75, 3.05) is 13.7 Å². The number of nitrogens with one attached hydrogen (secondary N) is 3. The number of rotatable bonds is 12. The number of esters is 1. The average molecular weight is 468 g/mol. The molecule has 2 unspecified atom stereocenters. The van der Waals surface area contributed by atoms with E-state index in [0.29, 0.717) is 23.4 Å². The maximum Gasteiger partial charge on any atom is 0.328 e. The van der Waals surface area contributed by atoms with Crippen LogP contribution >= 0.6 is 11.6 Å². The fourth-order valence-electron chi connectivity index (χ4n) is 3.06. The molecule has 178 valence electrons. The van der Waals surface area contributed by atoms with Crippen LogP contribution in [0.5, 0.6) is 0 Å². The van der Waals surface area contributed by atoms with Gasteiger partial charge in [-0.2, -0.15) is 0 Å². The van der Waals surface area contributed by atoms with Crippen LogP contribution in [0.3, 0.4) is 0 Å². The van der Waals surface area contributed by atoms with Crippen molar-refractivity contribution < 1.29 is 23.9 Å². The highest BCUT2D eigenvalue weighted by atomic mass is 35.5. The Labute approximate surface area is 194 Å². The Morgan fingerprint density at radius 1 is 0.906 bits per heavy atom. The molecule has 0 heterocycles. The maximum absolute atomic E-state index is 12.7. The van der Waals surface area contributed by atoms with Gasteiger partial charge in [0.2, 0.25) is 11.8 Å². The summed E-state index contributed by atoms with van der Waals surface area (Å²) in [7, 11) is 1.27. The second-order valence-electron chi connectivity index (χ2n) is 8.48. The Balaban J connectivity index is 2.62. The van der Waals surface area contributed by atoms with E-state index in [1.165, 1.54) is 7.11 Å². The molecule has 0 saturated carbocycles. The van der Waals surface area contributed by atoms with E-state index in [0.717, 1.165) is 0 Å². The molecule has 0 fully saturated rings. The topological polar surface area (TPSA) is 114 Å². The van der Waals surface area contributed by atoms with E-state index in [4.69, 9.17) is 16.3 Å². The zero-order chi connectivity index (χ0) is 24.3. The summed E-state index contributed by atoms with van der Waals surface area (Å²) < 4.78 is 4.73. The minimum Gasteiger partial charge on any atom is -0.467 e. The largest absolute Gasteiger partial charge is 0.467 e. The quantitative estimate of drug-likeness (QED) is 0.409. The molecule has 0 aliphatic heterocycles. The molecule has 1 aromatic rings. The second kappa shape index (κ2) is 13.7. The summed E-state index contributed by atoms with van der Waals surface area (Å²) in [6.07, 6.45) is 0.894. The fourth-order valence-corrected chi connectivity index (χ4v) is 3.19. The zero-order valence-electron chi connectivity index (χ0n) is 19.4. The van der Waals surface area contributed by atoms with Gasteiger partial charge in [-0.25, -0.2) is 4.79 Å².